The van der Waals surface area contributed by atoms with Gasteiger partial charge in [0, 0.05) is 41.9 Å². The van der Waals surface area contributed by atoms with E-state index in [1.165, 1.54) is 5.56 Å². The van der Waals surface area contributed by atoms with Gasteiger partial charge in [0.2, 0.25) is 5.91 Å². The maximum Gasteiger partial charge on any atom is 0.224 e. The summed E-state index contributed by atoms with van der Waals surface area (Å²) in [5.74, 6) is 0.490. The second-order valence-electron chi connectivity index (χ2n) is 8.92. The molecule has 0 radical (unpaired) electrons. The fourth-order valence-corrected chi connectivity index (χ4v) is 5.10. The lowest BCUT2D eigenvalue weighted by Gasteiger charge is -2.29. The van der Waals surface area contributed by atoms with Gasteiger partial charge in [-0.1, -0.05) is 25.1 Å². The van der Waals surface area contributed by atoms with Gasteiger partial charge in [-0.15, -0.1) is 0 Å². The number of amides is 1. The summed E-state index contributed by atoms with van der Waals surface area (Å²) < 4.78 is 7.84. The van der Waals surface area contributed by atoms with E-state index >= 15 is 0 Å². The minimum absolute atomic E-state index is 0.0755. The second-order valence-corrected chi connectivity index (χ2v) is 9.31. The molecule has 2 N–H and O–H groups in total. The van der Waals surface area contributed by atoms with Crippen molar-refractivity contribution in [2.24, 2.45) is 0 Å². The number of benzene rings is 2. The van der Waals surface area contributed by atoms with Gasteiger partial charge in [0.05, 0.1) is 24.5 Å². The van der Waals surface area contributed by atoms with Crippen LogP contribution in [0.1, 0.15) is 42.4 Å². The Morgan fingerprint density at radius 3 is 2.68 bits per heavy atom. The molecule has 1 aliphatic heterocycles. The maximum absolute atomic E-state index is 12.0. The summed E-state index contributed by atoms with van der Waals surface area (Å²) in [6, 6.07) is 23.9. The van der Waals surface area contributed by atoms with E-state index in [9.17, 15) is 4.79 Å². The Kier molecular flexibility index (Phi) is 6.92. The van der Waals surface area contributed by atoms with Gasteiger partial charge in [-0.25, -0.2) is 0 Å². The van der Waals surface area contributed by atoms with E-state index < -0.39 is 0 Å². The second kappa shape index (κ2) is 10.4. The number of hydrogen-bond donors (Lipinski definition) is 2. The van der Waals surface area contributed by atoms with Gasteiger partial charge in [-0.05, 0) is 73.2 Å². The van der Waals surface area contributed by atoms with Crippen molar-refractivity contribution in [3.63, 3.8) is 0 Å². The van der Waals surface area contributed by atoms with E-state index in [2.05, 4.69) is 74.6 Å². The fourth-order valence-electron chi connectivity index (χ4n) is 4.75. The zero-order chi connectivity index (χ0) is 25.9. The van der Waals surface area contributed by atoms with Crippen LogP contribution in [0.2, 0.25) is 0 Å². The third-order valence-corrected chi connectivity index (χ3v) is 6.83. The number of methoxy groups -OCH3 is 1. The molecule has 0 saturated carbocycles. The fraction of sp³-hybridized carbons (Fsp3) is 0.207. The number of anilines is 2. The van der Waals surface area contributed by atoms with Crippen LogP contribution in [0.4, 0.5) is 11.4 Å². The highest BCUT2D eigenvalue weighted by atomic mass is 32.1. The normalized spacial score (nSPS) is 16.9. The van der Waals surface area contributed by atoms with Crippen LogP contribution >= 0.6 is 12.2 Å². The molecule has 0 aliphatic carbocycles. The highest BCUT2D eigenvalue weighted by Crippen LogP contribution is 2.43. The number of aromatic nitrogens is 2. The molecule has 1 amide bonds. The zero-order valence-electron chi connectivity index (χ0n) is 21.0. The van der Waals surface area contributed by atoms with Gasteiger partial charge in [0.1, 0.15) is 11.8 Å². The highest BCUT2D eigenvalue weighted by molar-refractivity contribution is 7.80. The van der Waals surface area contributed by atoms with Crippen LogP contribution in [0.5, 0.6) is 5.75 Å². The first-order chi connectivity index (χ1) is 18.0. The summed E-state index contributed by atoms with van der Waals surface area (Å²) in [5, 5.41) is 7.00. The minimum atomic E-state index is -0.196. The van der Waals surface area contributed by atoms with Crippen molar-refractivity contribution in [1.29, 1.82) is 0 Å². The van der Waals surface area contributed by atoms with E-state index in [-0.39, 0.29) is 18.0 Å². The average molecular weight is 512 g/mol. The number of carbonyl (C=O) groups is 1. The SMILES string of the molecule is CCC(=O)Nc1ccc(N2C(=S)N[C@H](c3ccccn3)[C@@H]2c2cccn2-c2cccc(C)c2)cc1OC. The van der Waals surface area contributed by atoms with Crippen LogP contribution < -0.4 is 20.3 Å². The molecule has 2 aromatic carbocycles. The Labute approximate surface area is 222 Å². The quantitative estimate of drug-likeness (QED) is 0.310. The van der Waals surface area contributed by atoms with Gasteiger partial charge >= 0.3 is 0 Å². The summed E-state index contributed by atoms with van der Waals surface area (Å²) in [4.78, 5) is 18.8. The van der Waals surface area contributed by atoms with Gasteiger partial charge in [-0.2, -0.15) is 0 Å². The maximum atomic E-state index is 12.0. The van der Waals surface area contributed by atoms with Crippen molar-refractivity contribution in [3.8, 4) is 11.4 Å². The van der Waals surface area contributed by atoms with Gasteiger partial charge in [0.15, 0.2) is 5.11 Å². The van der Waals surface area contributed by atoms with Crippen LogP contribution in [0, 0.1) is 6.92 Å². The molecule has 5 rings (SSSR count). The van der Waals surface area contributed by atoms with Crippen LogP contribution in [0.25, 0.3) is 5.69 Å². The molecule has 1 fully saturated rings. The molecule has 7 nitrogen and oxygen atoms in total. The number of thiocarbonyl (C=S) groups is 1. The Morgan fingerprint density at radius 1 is 1.08 bits per heavy atom. The number of carbonyl (C=O) groups excluding carboxylic acids is 1. The first-order valence-corrected chi connectivity index (χ1v) is 12.6. The summed E-state index contributed by atoms with van der Waals surface area (Å²) in [6.45, 7) is 3.91. The van der Waals surface area contributed by atoms with Gasteiger partial charge < -0.3 is 24.8 Å². The average Bonchev–Trinajstić information content (AvgIpc) is 3.53. The van der Waals surface area contributed by atoms with E-state index in [0.29, 0.717) is 23.0 Å². The van der Waals surface area contributed by atoms with Crippen LogP contribution in [0.15, 0.2) is 85.2 Å². The minimum Gasteiger partial charge on any atom is -0.494 e. The molecular formula is C29H29N5O2S. The van der Waals surface area contributed by atoms with Gasteiger partial charge in [0.25, 0.3) is 0 Å². The standard InChI is InChI=1S/C29H29N5O2S/c1-4-26(35)31-22-14-13-21(18-25(22)36-3)34-28(27(32-29(34)37)23-11-5-6-15-30-23)24-12-8-16-33(24)20-10-7-9-19(2)17-20/h5-18,27-28H,4H2,1-3H3,(H,31,35)(H,32,37)/t27-,28+/m1/s1. The third-order valence-electron chi connectivity index (χ3n) is 6.52. The lowest BCUT2D eigenvalue weighted by Crippen LogP contribution is -2.30. The number of hydrogen-bond acceptors (Lipinski definition) is 4. The van der Waals surface area contributed by atoms with Crippen LogP contribution in [-0.4, -0.2) is 27.7 Å². The van der Waals surface area contributed by atoms with Gasteiger partial charge in [-0.3, -0.25) is 9.78 Å². The van der Waals surface area contributed by atoms with Crippen molar-refractivity contribution in [3.05, 3.63) is 102 Å². The summed E-state index contributed by atoms with van der Waals surface area (Å²) in [7, 11) is 1.60. The molecule has 1 aliphatic rings. The topological polar surface area (TPSA) is 71.4 Å². The lowest BCUT2D eigenvalue weighted by atomic mass is 10.0. The Balaban J connectivity index is 1.63. The highest BCUT2D eigenvalue weighted by Gasteiger charge is 2.42. The molecule has 8 heteroatoms. The molecule has 37 heavy (non-hydrogen) atoms. The van der Waals surface area contributed by atoms with E-state index in [4.69, 9.17) is 17.0 Å². The molecular weight excluding hydrogens is 482 g/mol. The van der Waals surface area contributed by atoms with E-state index in [1.54, 1.807) is 13.3 Å². The smallest absolute Gasteiger partial charge is 0.224 e. The third kappa shape index (κ3) is 4.80. The van der Waals surface area contributed by atoms with Crippen LogP contribution in [0.3, 0.4) is 0 Å². The molecule has 2 aromatic heterocycles. The molecule has 2 atom stereocenters. The number of nitrogens with zero attached hydrogens (tertiary/aromatic N) is 3. The van der Waals surface area contributed by atoms with Crippen LogP contribution in [-0.2, 0) is 4.79 Å². The summed E-state index contributed by atoms with van der Waals surface area (Å²) in [6.07, 6.45) is 4.26. The predicted octanol–water partition coefficient (Wildman–Crippen LogP) is 5.71. The molecule has 0 spiro atoms. The first-order valence-electron chi connectivity index (χ1n) is 12.2. The number of nitrogens with one attached hydrogen (secondary N) is 2. The Morgan fingerprint density at radius 2 is 1.95 bits per heavy atom. The number of pyridine rings is 1. The number of ether oxygens (including phenoxy) is 1. The summed E-state index contributed by atoms with van der Waals surface area (Å²) in [5.41, 5.74) is 5.70. The molecule has 0 unspecified atom stereocenters. The molecule has 4 aromatic rings. The lowest BCUT2D eigenvalue weighted by molar-refractivity contribution is -0.115. The molecule has 0 bridgehead atoms. The number of aryl methyl sites for hydroxylation is 1. The molecule has 3 heterocycles. The number of rotatable bonds is 7. The summed E-state index contributed by atoms with van der Waals surface area (Å²) >= 11 is 5.90. The largest absolute Gasteiger partial charge is 0.494 e. The molecule has 1 saturated heterocycles. The van der Waals surface area contributed by atoms with Crippen molar-refractivity contribution < 1.29 is 9.53 Å². The first kappa shape index (κ1) is 24.5. The van der Waals surface area contributed by atoms with Crippen molar-refractivity contribution in [2.75, 3.05) is 17.3 Å². The van der Waals surface area contributed by atoms with Crippen molar-refractivity contribution in [2.45, 2.75) is 32.4 Å². The Hall–Kier alpha value is -4.17. The molecule has 188 valence electrons. The van der Waals surface area contributed by atoms with E-state index in [0.717, 1.165) is 22.8 Å². The van der Waals surface area contributed by atoms with Crippen molar-refractivity contribution in [1.82, 2.24) is 14.9 Å². The monoisotopic (exact) mass is 511 g/mol. The Bertz CT molecular complexity index is 1440. The van der Waals surface area contributed by atoms with Crippen molar-refractivity contribution >= 4 is 34.6 Å². The van der Waals surface area contributed by atoms with E-state index in [1.807, 2.05) is 43.3 Å². The predicted molar refractivity (Wildman–Crippen MR) is 150 cm³/mol. The zero-order valence-corrected chi connectivity index (χ0v) is 21.8.